The van der Waals surface area contributed by atoms with Crippen molar-refractivity contribution in [2.45, 2.75) is 0 Å². The fourth-order valence-electron chi connectivity index (χ4n) is 1.17. The van der Waals surface area contributed by atoms with Crippen molar-refractivity contribution in [1.82, 2.24) is 15.0 Å². The molecule has 0 atom stereocenters. The van der Waals surface area contributed by atoms with Crippen LogP contribution in [0.4, 0.5) is 0 Å². The van der Waals surface area contributed by atoms with E-state index in [0.717, 1.165) is 5.56 Å². The fourth-order valence-corrected chi connectivity index (χ4v) is 1.17. The van der Waals surface area contributed by atoms with E-state index in [-0.39, 0.29) is 12.0 Å². The molecule has 1 aromatic carbocycles. The molecule has 5 heteroatoms. The lowest BCUT2D eigenvalue weighted by Crippen LogP contribution is -2.00. The van der Waals surface area contributed by atoms with Crippen LogP contribution in [0.1, 0.15) is 0 Å². The quantitative estimate of drug-likeness (QED) is 0.775. The maximum absolute atomic E-state index is 4.96. The van der Waals surface area contributed by atoms with Gasteiger partial charge in [-0.05, 0) is 6.07 Å². The van der Waals surface area contributed by atoms with Gasteiger partial charge in [0.15, 0.2) is 5.82 Å². The predicted octanol–water partition coefficient (Wildman–Crippen LogP) is 1.36. The molecule has 0 unspecified atom stereocenters. The van der Waals surface area contributed by atoms with Gasteiger partial charge in [0.25, 0.3) is 0 Å². The first kappa shape index (κ1) is 10.4. The van der Waals surface area contributed by atoms with Crippen molar-refractivity contribution in [1.29, 1.82) is 0 Å². The van der Waals surface area contributed by atoms with Crippen LogP contribution in [0, 0.1) is 6.07 Å². The van der Waals surface area contributed by atoms with Gasteiger partial charge in [0.05, 0.1) is 14.2 Å². The predicted molar refractivity (Wildman–Crippen MR) is 57.2 cm³/mol. The van der Waals surface area contributed by atoms with Crippen LogP contribution in [0.25, 0.3) is 11.4 Å². The first-order valence-electron chi connectivity index (χ1n) is 4.64. The van der Waals surface area contributed by atoms with Gasteiger partial charge < -0.3 is 9.47 Å². The monoisotopic (exact) mass is 216 g/mol. The van der Waals surface area contributed by atoms with E-state index in [1.54, 1.807) is 6.07 Å². The van der Waals surface area contributed by atoms with E-state index in [9.17, 15) is 0 Å². The number of methoxy groups -OCH3 is 2. The molecule has 0 aliphatic carbocycles. The zero-order chi connectivity index (χ0) is 11.4. The largest absolute Gasteiger partial charge is 0.467 e. The summed E-state index contributed by atoms with van der Waals surface area (Å²) in [6.45, 7) is 0. The molecule has 0 saturated heterocycles. The van der Waals surface area contributed by atoms with Gasteiger partial charge >= 0.3 is 12.0 Å². The standard InChI is InChI=1S/C11H10N3O2/c1-15-10-12-9(13-11(14-10)16-2)8-6-4-3-5-7-8/h3-6H,1-2H3. The molecule has 16 heavy (non-hydrogen) atoms. The molecule has 0 saturated carbocycles. The number of rotatable bonds is 3. The molecule has 1 heterocycles. The Hall–Kier alpha value is -2.17. The molecule has 0 aliphatic heterocycles. The molecule has 2 rings (SSSR count). The van der Waals surface area contributed by atoms with Crippen molar-refractivity contribution in [2.75, 3.05) is 14.2 Å². The second-order valence-corrected chi connectivity index (χ2v) is 2.91. The third-order valence-electron chi connectivity index (χ3n) is 1.91. The number of benzene rings is 1. The number of hydrogen-bond acceptors (Lipinski definition) is 5. The van der Waals surface area contributed by atoms with E-state index < -0.39 is 0 Å². The maximum atomic E-state index is 4.96. The molecule has 1 aromatic heterocycles. The Morgan fingerprint density at radius 2 is 1.69 bits per heavy atom. The molecule has 2 aromatic rings. The van der Waals surface area contributed by atoms with E-state index in [1.807, 2.05) is 18.2 Å². The molecule has 0 amide bonds. The van der Waals surface area contributed by atoms with E-state index >= 15 is 0 Å². The molecule has 0 N–H and O–H groups in total. The molecular formula is C11H10N3O2. The van der Waals surface area contributed by atoms with Crippen LogP contribution >= 0.6 is 0 Å². The highest BCUT2D eigenvalue weighted by Crippen LogP contribution is 2.18. The first-order chi connectivity index (χ1) is 7.83. The normalized spacial score (nSPS) is 9.88. The zero-order valence-corrected chi connectivity index (χ0v) is 8.97. The van der Waals surface area contributed by atoms with Gasteiger partial charge in [-0.2, -0.15) is 9.97 Å². The Kier molecular flexibility index (Phi) is 2.95. The Morgan fingerprint density at radius 3 is 2.19 bits per heavy atom. The van der Waals surface area contributed by atoms with Gasteiger partial charge in [-0.3, -0.25) is 0 Å². The van der Waals surface area contributed by atoms with Crippen LogP contribution < -0.4 is 9.47 Å². The molecule has 0 spiro atoms. The lowest BCUT2D eigenvalue weighted by atomic mass is 10.2. The van der Waals surface area contributed by atoms with Crippen LogP contribution in [-0.2, 0) is 0 Å². The van der Waals surface area contributed by atoms with Gasteiger partial charge in [-0.15, -0.1) is 4.98 Å². The maximum Gasteiger partial charge on any atom is 0.322 e. The minimum atomic E-state index is 0.221. The summed E-state index contributed by atoms with van der Waals surface area (Å²) in [5, 5.41) is 0. The van der Waals surface area contributed by atoms with Crippen molar-refractivity contribution < 1.29 is 9.47 Å². The summed E-state index contributed by atoms with van der Waals surface area (Å²) in [4.78, 5) is 12.1. The van der Waals surface area contributed by atoms with Crippen LogP contribution in [0.5, 0.6) is 12.0 Å². The van der Waals surface area contributed by atoms with Crippen LogP contribution in [0.15, 0.2) is 24.3 Å². The van der Waals surface area contributed by atoms with Crippen molar-refractivity contribution in [3.63, 3.8) is 0 Å². The summed E-state index contributed by atoms with van der Waals surface area (Å²) in [6.07, 6.45) is 0. The Bertz CT molecular complexity index is 452. The van der Waals surface area contributed by atoms with Crippen molar-refractivity contribution >= 4 is 0 Å². The van der Waals surface area contributed by atoms with Gasteiger partial charge in [0, 0.05) is 5.56 Å². The highest BCUT2D eigenvalue weighted by Gasteiger charge is 2.08. The Morgan fingerprint density at radius 1 is 1.00 bits per heavy atom. The highest BCUT2D eigenvalue weighted by molar-refractivity contribution is 5.53. The summed E-state index contributed by atoms with van der Waals surface area (Å²) < 4.78 is 9.93. The number of ether oxygens (including phenoxy) is 2. The fraction of sp³-hybridized carbons (Fsp3) is 0.182. The summed E-state index contributed by atoms with van der Waals surface area (Å²) in [6, 6.07) is 10.9. The SMILES string of the molecule is COc1nc(OC)nc(-c2[c]cccc2)n1. The average molecular weight is 216 g/mol. The van der Waals surface area contributed by atoms with Crippen molar-refractivity contribution in [2.24, 2.45) is 0 Å². The molecule has 81 valence electrons. The van der Waals surface area contributed by atoms with Crippen LogP contribution in [-0.4, -0.2) is 29.2 Å². The van der Waals surface area contributed by atoms with E-state index in [0.29, 0.717) is 5.82 Å². The molecular weight excluding hydrogens is 206 g/mol. The minimum absolute atomic E-state index is 0.221. The second-order valence-electron chi connectivity index (χ2n) is 2.91. The third-order valence-corrected chi connectivity index (χ3v) is 1.91. The van der Waals surface area contributed by atoms with Gasteiger partial charge in [0.2, 0.25) is 0 Å². The second kappa shape index (κ2) is 4.57. The Balaban J connectivity index is 2.48. The molecule has 0 bridgehead atoms. The lowest BCUT2D eigenvalue weighted by molar-refractivity contribution is 0.341. The molecule has 0 aliphatic rings. The lowest BCUT2D eigenvalue weighted by Gasteiger charge is -2.04. The summed E-state index contributed by atoms with van der Waals surface area (Å²) in [5.74, 6) is 0.476. The molecule has 0 fully saturated rings. The number of nitrogens with zero attached hydrogens (tertiary/aromatic N) is 3. The van der Waals surface area contributed by atoms with Gasteiger partial charge in [-0.25, -0.2) is 0 Å². The van der Waals surface area contributed by atoms with Gasteiger partial charge in [0.1, 0.15) is 0 Å². The van der Waals surface area contributed by atoms with E-state index in [2.05, 4.69) is 21.0 Å². The van der Waals surface area contributed by atoms with E-state index in [1.165, 1.54) is 14.2 Å². The number of hydrogen-bond donors (Lipinski definition) is 0. The third kappa shape index (κ3) is 2.08. The first-order valence-corrected chi connectivity index (χ1v) is 4.64. The van der Waals surface area contributed by atoms with E-state index in [4.69, 9.17) is 9.47 Å². The van der Waals surface area contributed by atoms with Crippen molar-refractivity contribution in [3.8, 4) is 23.4 Å². The summed E-state index contributed by atoms with van der Waals surface area (Å²) in [7, 11) is 2.99. The summed E-state index contributed by atoms with van der Waals surface area (Å²) >= 11 is 0. The highest BCUT2D eigenvalue weighted by atomic mass is 16.5. The number of aromatic nitrogens is 3. The smallest absolute Gasteiger partial charge is 0.322 e. The Labute approximate surface area is 93.1 Å². The van der Waals surface area contributed by atoms with Crippen molar-refractivity contribution in [3.05, 3.63) is 30.3 Å². The molecule has 1 radical (unpaired) electrons. The van der Waals surface area contributed by atoms with Gasteiger partial charge in [-0.1, -0.05) is 24.3 Å². The van der Waals surface area contributed by atoms with Crippen LogP contribution in [0.2, 0.25) is 0 Å². The topological polar surface area (TPSA) is 57.1 Å². The summed E-state index contributed by atoms with van der Waals surface area (Å²) in [5.41, 5.74) is 0.765. The minimum Gasteiger partial charge on any atom is -0.467 e. The zero-order valence-electron chi connectivity index (χ0n) is 8.97. The molecule has 5 nitrogen and oxygen atoms in total. The van der Waals surface area contributed by atoms with Crippen LogP contribution in [0.3, 0.4) is 0 Å². The average Bonchev–Trinajstić information content (AvgIpc) is 2.39.